The van der Waals surface area contributed by atoms with Gasteiger partial charge < -0.3 is 4.57 Å². The van der Waals surface area contributed by atoms with E-state index in [1.807, 2.05) is 103 Å². The highest BCUT2D eigenvalue weighted by Crippen LogP contribution is 2.47. The van der Waals surface area contributed by atoms with E-state index in [1.165, 1.54) is 0 Å². The number of aromatic nitrogens is 4. The van der Waals surface area contributed by atoms with Crippen molar-refractivity contribution in [3.05, 3.63) is 194 Å². The molecule has 3 aromatic heterocycles. The van der Waals surface area contributed by atoms with E-state index in [0.29, 0.717) is 5.57 Å². The second-order valence-corrected chi connectivity index (χ2v) is 21.3. The lowest BCUT2D eigenvalue weighted by Gasteiger charge is -2.23. The zero-order valence-electron chi connectivity index (χ0n) is 30.5. The number of nitrogens with zero attached hydrogens (tertiary/aromatic N) is 4. The van der Waals surface area contributed by atoms with E-state index in [1.54, 1.807) is 0 Å². The third-order valence-corrected chi connectivity index (χ3v) is 18.8. The van der Waals surface area contributed by atoms with Gasteiger partial charge in [-0.05, 0) is 51.7 Å². The van der Waals surface area contributed by atoms with E-state index in [-0.39, 0.29) is 0 Å². The summed E-state index contributed by atoms with van der Waals surface area (Å²) in [6.07, 6.45) is 1.89. The van der Waals surface area contributed by atoms with Crippen molar-refractivity contribution in [3.63, 3.8) is 0 Å². The SMILES string of the molecule is O=P(c1ccccc1)(c1ccccc1)c1cccc2c1c1ccccc1n1c3ccc(P(=S)(c4ccc5ccccc5c4)c4ncc5ccccc5n4)cc3nc21. The van der Waals surface area contributed by atoms with Gasteiger partial charge in [0.15, 0.2) is 12.7 Å². The van der Waals surface area contributed by atoms with Crippen LogP contribution < -0.4 is 32.1 Å². The Bertz CT molecular complexity index is 3370. The maximum absolute atomic E-state index is 15.9. The van der Waals surface area contributed by atoms with Gasteiger partial charge in [-0.25, -0.2) is 15.0 Å². The molecule has 0 N–H and O–H groups in total. The molecule has 57 heavy (non-hydrogen) atoms. The standard InChI is InChI=1S/C49H32N4OP2S/c54-55(36-17-3-1-4-18-36,37-19-5-2-6-20-37)46-25-13-22-41-47(46)40-21-10-12-24-44(40)53-45-29-28-39(31-43(45)51-48(41)53)56(57,38-27-26-33-14-7-8-15-34(33)30-38)49-50-32-35-16-9-11-23-42(35)52-49/h1-32H. The first-order valence-electron chi connectivity index (χ1n) is 18.8. The van der Waals surface area contributed by atoms with Crippen LogP contribution in [0.15, 0.2) is 194 Å². The highest BCUT2D eigenvalue weighted by atomic mass is 32.4. The first kappa shape index (κ1) is 34.0. The van der Waals surface area contributed by atoms with Crippen LogP contribution in [0.2, 0.25) is 0 Å². The zero-order chi connectivity index (χ0) is 38.1. The number of imidazole rings is 1. The van der Waals surface area contributed by atoms with Crippen LogP contribution in [-0.2, 0) is 16.4 Å². The largest absolute Gasteiger partial charge is 0.309 e. The third kappa shape index (κ3) is 5.19. The lowest BCUT2D eigenvalue weighted by molar-refractivity contribution is 0.592. The summed E-state index contributed by atoms with van der Waals surface area (Å²) in [7, 11) is -3.33. The minimum absolute atomic E-state index is 0.646. The summed E-state index contributed by atoms with van der Waals surface area (Å²) in [6, 6.07) is 60.9. The fourth-order valence-corrected chi connectivity index (χ4v) is 14.7. The molecule has 8 aromatic carbocycles. The molecule has 1 unspecified atom stereocenters. The maximum Gasteiger partial charge on any atom is 0.171 e. The smallest absolute Gasteiger partial charge is 0.171 e. The van der Waals surface area contributed by atoms with E-state index >= 15 is 4.57 Å². The minimum Gasteiger partial charge on any atom is -0.309 e. The molecule has 0 radical (unpaired) electrons. The predicted octanol–water partition coefficient (Wildman–Crippen LogP) is 9.29. The first-order chi connectivity index (χ1) is 28.0. The number of hydrogen-bond donors (Lipinski definition) is 0. The fraction of sp³-hybridized carbons (Fsp3) is 0. The molecule has 270 valence electrons. The summed E-state index contributed by atoms with van der Waals surface area (Å²) in [6.45, 7) is 0. The predicted molar refractivity (Wildman–Crippen MR) is 244 cm³/mol. The van der Waals surface area contributed by atoms with Crippen molar-refractivity contribution in [2.24, 2.45) is 0 Å². The maximum atomic E-state index is 15.9. The summed E-state index contributed by atoms with van der Waals surface area (Å²) in [5.41, 5.74) is 5.08. The normalized spacial score (nSPS) is 13.2. The monoisotopic (exact) mass is 786 g/mol. The Balaban J connectivity index is 1.20. The van der Waals surface area contributed by atoms with Gasteiger partial charge in [0, 0.05) is 43.7 Å². The van der Waals surface area contributed by atoms with E-state index in [9.17, 15) is 0 Å². The molecule has 1 atom stereocenters. The Morgan fingerprint density at radius 2 is 1.11 bits per heavy atom. The molecule has 3 heterocycles. The van der Waals surface area contributed by atoms with Gasteiger partial charge in [0.05, 0.1) is 28.1 Å². The van der Waals surface area contributed by atoms with Crippen LogP contribution >= 0.6 is 13.2 Å². The second-order valence-electron chi connectivity index (χ2n) is 14.3. The van der Waals surface area contributed by atoms with E-state index in [0.717, 1.165) is 86.6 Å². The minimum atomic E-state index is -3.33. The molecule has 0 aliphatic rings. The zero-order valence-corrected chi connectivity index (χ0v) is 33.1. The quantitative estimate of drug-likeness (QED) is 0.124. The van der Waals surface area contributed by atoms with Crippen LogP contribution in [0.1, 0.15) is 0 Å². The van der Waals surface area contributed by atoms with Crippen LogP contribution in [-0.4, -0.2) is 19.4 Å². The summed E-state index contributed by atoms with van der Waals surface area (Å²) >= 11 is 6.90. The molecule has 0 bridgehead atoms. The van der Waals surface area contributed by atoms with E-state index < -0.39 is 13.2 Å². The molecule has 0 aliphatic carbocycles. The number of rotatable bonds is 6. The van der Waals surface area contributed by atoms with Crippen molar-refractivity contribution in [1.29, 1.82) is 0 Å². The number of hydrogen-bond acceptors (Lipinski definition) is 5. The molecule has 0 saturated heterocycles. The summed E-state index contributed by atoms with van der Waals surface area (Å²) in [4.78, 5) is 15.6. The van der Waals surface area contributed by atoms with E-state index in [2.05, 4.69) is 95.4 Å². The van der Waals surface area contributed by atoms with Crippen molar-refractivity contribution in [2.75, 3.05) is 0 Å². The van der Waals surface area contributed by atoms with Crippen molar-refractivity contribution in [3.8, 4) is 0 Å². The van der Waals surface area contributed by atoms with Gasteiger partial charge in [0.2, 0.25) is 0 Å². The molecule has 5 nitrogen and oxygen atoms in total. The Labute approximate surface area is 333 Å². The molecule has 0 spiro atoms. The van der Waals surface area contributed by atoms with Gasteiger partial charge in [0.25, 0.3) is 0 Å². The molecule has 0 amide bonds. The number of fused-ring (bicyclic) bond motifs is 10. The highest BCUT2D eigenvalue weighted by Gasteiger charge is 2.33. The molecule has 0 fully saturated rings. The Morgan fingerprint density at radius 3 is 1.89 bits per heavy atom. The molecule has 0 aliphatic heterocycles. The Kier molecular flexibility index (Phi) is 7.84. The van der Waals surface area contributed by atoms with Crippen LogP contribution in [0.3, 0.4) is 0 Å². The number of benzene rings is 8. The molecule has 11 rings (SSSR count). The summed E-state index contributed by atoms with van der Waals surface area (Å²) in [5, 5.41) is 10.5. The summed E-state index contributed by atoms with van der Waals surface area (Å²) < 4.78 is 18.2. The van der Waals surface area contributed by atoms with Crippen molar-refractivity contribution in [1.82, 2.24) is 19.4 Å². The topological polar surface area (TPSA) is 60.2 Å². The average Bonchev–Trinajstić information content (AvgIpc) is 3.68. The molecule has 11 aromatic rings. The van der Waals surface area contributed by atoms with Crippen LogP contribution in [0.4, 0.5) is 0 Å². The Hall–Kier alpha value is -6.29. The van der Waals surface area contributed by atoms with Crippen LogP contribution in [0.25, 0.3) is 60.0 Å². The van der Waals surface area contributed by atoms with E-state index in [4.69, 9.17) is 26.8 Å². The molecular formula is C49H32N4OP2S. The lowest BCUT2D eigenvalue weighted by Crippen LogP contribution is -2.29. The van der Waals surface area contributed by atoms with Crippen LogP contribution in [0, 0.1) is 0 Å². The second kappa shape index (κ2) is 13.1. The Morgan fingerprint density at radius 1 is 0.474 bits per heavy atom. The van der Waals surface area contributed by atoms with Gasteiger partial charge in [0.1, 0.15) is 5.65 Å². The molecule has 0 saturated carbocycles. The van der Waals surface area contributed by atoms with Crippen molar-refractivity contribution in [2.45, 2.75) is 0 Å². The van der Waals surface area contributed by atoms with Gasteiger partial charge in [-0.1, -0.05) is 170 Å². The van der Waals surface area contributed by atoms with Crippen molar-refractivity contribution < 1.29 is 4.57 Å². The fourth-order valence-electron chi connectivity index (χ4n) is 8.41. The number of para-hydroxylation sites is 2. The average molecular weight is 787 g/mol. The number of pyridine rings is 1. The van der Waals surface area contributed by atoms with Crippen molar-refractivity contribution >= 4 is 117 Å². The van der Waals surface area contributed by atoms with Crippen LogP contribution in [0.5, 0.6) is 0 Å². The van der Waals surface area contributed by atoms with Gasteiger partial charge in [-0.2, -0.15) is 0 Å². The highest BCUT2D eigenvalue weighted by molar-refractivity contribution is 8.25. The molecular weight excluding hydrogens is 755 g/mol. The van der Waals surface area contributed by atoms with Gasteiger partial charge >= 0.3 is 0 Å². The molecule has 8 heteroatoms. The van der Waals surface area contributed by atoms with Gasteiger partial charge in [-0.3, -0.25) is 4.40 Å². The summed E-state index contributed by atoms with van der Waals surface area (Å²) in [5.74, 6) is 0. The van der Waals surface area contributed by atoms with Gasteiger partial charge in [-0.15, -0.1) is 0 Å². The third-order valence-electron chi connectivity index (χ3n) is 11.1. The first-order valence-corrected chi connectivity index (χ1v) is 23.3. The lowest BCUT2D eigenvalue weighted by atomic mass is 10.1.